The van der Waals surface area contributed by atoms with Crippen LogP contribution in [0.1, 0.15) is 39.7 Å². The zero-order chi connectivity index (χ0) is 14.6. The molecule has 0 spiro atoms. The summed E-state index contributed by atoms with van der Waals surface area (Å²) < 4.78 is 0. The Morgan fingerprint density at radius 2 is 1.70 bits per heavy atom. The van der Waals surface area contributed by atoms with Gasteiger partial charge in [0.15, 0.2) is 0 Å². The first-order valence-electron chi connectivity index (χ1n) is 7.69. The van der Waals surface area contributed by atoms with Gasteiger partial charge in [-0.15, -0.1) is 0 Å². The third-order valence-electron chi connectivity index (χ3n) is 4.00. The first-order valence-corrected chi connectivity index (χ1v) is 7.69. The Bertz CT molecular complexity index is 549. The van der Waals surface area contributed by atoms with E-state index in [9.17, 15) is 0 Å². The maximum absolute atomic E-state index is 3.56. The zero-order valence-electron chi connectivity index (χ0n) is 13.2. The summed E-state index contributed by atoms with van der Waals surface area (Å²) in [5.74, 6) is 0.718. The molecule has 0 aliphatic rings. The molecular weight excluding hydrogens is 242 g/mol. The molecule has 2 aromatic rings. The third-order valence-corrected chi connectivity index (χ3v) is 4.00. The molecule has 0 radical (unpaired) electrons. The second-order valence-corrected chi connectivity index (χ2v) is 6.76. The maximum Gasteiger partial charge on any atom is -0.00258 e. The number of benzene rings is 2. The van der Waals surface area contributed by atoms with Gasteiger partial charge in [0, 0.05) is 0 Å². The van der Waals surface area contributed by atoms with Crippen LogP contribution in [0.25, 0.3) is 10.8 Å². The summed E-state index contributed by atoms with van der Waals surface area (Å²) in [6.07, 6.45) is 1.16. The van der Waals surface area contributed by atoms with Gasteiger partial charge in [0.1, 0.15) is 0 Å². The first kappa shape index (κ1) is 15.1. The molecule has 108 valence electrons. The van der Waals surface area contributed by atoms with Crippen LogP contribution in [0.2, 0.25) is 0 Å². The fraction of sp³-hybridized carbons (Fsp3) is 0.474. The Kier molecular flexibility index (Phi) is 4.82. The van der Waals surface area contributed by atoms with E-state index in [2.05, 4.69) is 75.5 Å². The monoisotopic (exact) mass is 269 g/mol. The van der Waals surface area contributed by atoms with Crippen LogP contribution in [0.15, 0.2) is 42.5 Å². The predicted octanol–water partition coefficient (Wildman–Crippen LogP) is 4.75. The topological polar surface area (TPSA) is 12.0 Å². The van der Waals surface area contributed by atoms with Crippen molar-refractivity contribution in [3.8, 4) is 0 Å². The van der Waals surface area contributed by atoms with Crippen LogP contribution in [0.5, 0.6) is 0 Å². The van der Waals surface area contributed by atoms with E-state index in [4.69, 9.17) is 0 Å². The van der Waals surface area contributed by atoms with Crippen molar-refractivity contribution < 1.29 is 0 Å². The van der Waals surface area contributed by atoms with Gasteiger partial charge in [-0.25, -0.2) is 0 Å². The molecule has 1 heteroatoms. The molecule has 0 unspecified atom stereocenters. The lowest BCUT2D eigenvalue weighted by molar-refractivity contribution is 0.444. The molecule has 0 bridgehead atoms. The molecule has 20 heavy (non-hydrogen) atoms. The molecular formula is C19H27N. The van der Waals surface area contributed by atoms with Crippen LogP contribution in [-0.4, -0.2) is 13.1 Å². The molecule has 0 aliphatic heterocycles. The summed E-state index contributed by atoms with van der Waals surface area (Å²) >= 11 is 0. The number of nitrogens with one attached hydrogen (secondary N) is 1. The smallest absolute Gasteiger partial charge is 0.00258 e. The molecule has 0 fully saturated rings. The van der Waals surface area contributed by atoms with Crippen LogP contribution in [0.4, 0.5) is 0 Å². The van der Waals surface area contributed by atoms with Gasteiger partial charge in [0.05, 0.1) is 0 Å². The Labute approximate surface area is 123 Å². The van der Waals surface area contributed by atoms with Gasteiger partial charge in [0.25, 0.3) is 0 Å². The van der Waals surface area contributed by atoms with Gasteiger partial charge in [-0.2, -0.15) is 0 Å². The minimum Gasteiger partial charge on any atom is -0.316 e. The summed E-state index contributed by atoms with van der Waals surface area (Å²) in [6.45, 7) is 11.4. The van der Waals surface area contributed by atoms with E-state index >= 15 is 0 Å². The average molecular weight is 269 g/mol. The largest absolute Gasteiger partial charge is 0.316 e. The summed E-state index contributed by atoms with van der Waals surface area (Å²) in [4.78, 5) is 0. The third kappa shape index (κ3) is 3.61. The van der Waals surface area contributed by atoms with Crippen LogP contribution in [-0.2, 0) is 5.41 Å². The molecule has 0 atom stereocenters. The maximum atomic E-state index is 3.56. The van der Waals surface area contributed by atoms with Crippen molar-refractivity contribution in [1.29, 1.82) is 0 Å². The van der Waals surface area contributed by atoms with Gasteiger partial charge < -0.3 is 5.32 Å². The van der Waals surface area contributed by atoms with E-state index < -0.39 is 0 Å². The SMILES string of the molecule is CC(C)CNCCC(C)(C)c1cccc2ccccc12. The molecule has 0 saturated carbocycles. The van der Waals surface area contributed by atoms with E-state index in [0.717, 1.165) is 25.4 Å². The molecule has 1 nitrogen and oxygen atoms in total. The molecule has 0 aliphatic carbocycles. The second kappa shape index (κ2) is 6.41. The molecule has 0 saturated heterocycles. The summed E-state index contributed by atoms with van der Waals surface area (Å²) in [7, 11) is 0. The molecule has 2 rings (SSSR count). The van der Waals surface area contributed by atoms with Crippen molar-refractivity contribution >= 4 is 10.8 Å². The second-order valence-electron chi connectivity index (χ2n) is 6.76. The van der Waals surface area contributed by atoms with Crippen molar-refractivity contribution in [2.45, 2.75) is 39.5 Å². The quantitative estimate of drug-likeness (QED) is 0.746. The van der Waals surface area contributed by atoms with E-state index in [-0.39, 0.29) is 5.41 Å². The summed E-state index contributed by atoms with van der Waals surface area (Å²) in [5, 5.41) is 6.29. The standard InChI is InChI=1S/C19H27N/c1-15(2)14-20-13-12-19(3,4)18-11-7-9-16-8-5-6-10-17(16)18/h5-11,15,20H,12-14H2,1-4H3. The van der Waals surface area contributed by atoms with Crippen molar-refractivity contribution in [1.82, 2.24) is 5.32 Å². The highest BCUT2D eigenvalue weighted by atomic mass is 14.9. The van der Waals surface area contributed by atoms with E-state index in [1.165, 1.54) is 16.3 Å². The van der Waals surface area contributed by atoms with E-state index in [1.807, 2.05) is 0 Å². The highest BCUT2D eigenvalue weighted by Crippen LogP contribution is 2.32. The zero-order valence-corrected chi connectivity index (χ0v) is 13.2. The normalized spacial score (nSPS) is 12.2. The molecule has 2 aromatic carbocycles. The van der Waals surface area contributed by atoms with Crippen molar-refractivity contribution in [2.75, 3.05) is 13.1 Å². The summed E-state index contributed by atoms with van der Waals surface area (Å²) in [5.41, 5.74) is 1.66. The first-order chi connectivity index (χ1) is 9.50. The van der Waals surface area contributed by atoms with Gasteiger partial charge in [-0.05, 0) is 47.2 Å². The van der Waals surface area contributed by atoms with Crippen LogP contribution in [0, 0.1) is 5.92 Å². The average Bonchev–Trinajstić information content (AvgIpc) is 2.43. The minimum atomic E-state index is 0.199. The number of hydrogen-bond acceptors (Lipinski definition) is 1. The predicted molar refractivity (Wildman–Crippen MR) is 89.3 cm³/mol. The fourth-order valence-corrected chi connectivity index (χ4v) is 2.74. The van der Waals surface area contributed by atoms with Gasteiger partial charge in [-0.1, -0.05) is 70.2 Å². The van der Waals surface area contributed by atoms with Crippen LogP contribution in [0.3, 0.4) is 0 Å². The number of hydrogen-bond donors (Lipinski definition) is 1. The van der Waals surface area contributed by atoms with Crippen molar-refractivity contribution in [2.24, 2.45) is 5.92 Å². The van der Waals surface area contributed by atoms with Gasteiger partial charge >= 0.3 is 0 Å². The molecule has 0 heterocycles. The summed E-state index contributed by atoms with van der Waals surface area (Å²) in [6, 6.07) is 15.4. The van der Waals surface area contributed by atoms with Crippen molar-refractivity contribution in [3.05, 3.63) is 48.0 Å². The Morgan fingerprint density at radius 3 is 2.45 bits per heavy atom. The molecule has 0 amide bonds. The van der Waals surface area contributed by atoms with Gasteiger partial charge in [-0.3, -0.25) is 0 Å². The van der Waals surface area contributed by atoms with E-state index in [0.29, 0.717) is 0 Å². The van der Waals surface area contributed by atoms with Crippen LogP contribution >= 0.6 is 0 Å². The molecule has 0 aromatic heterocycles. The Balaban J connectivity index is 2.15. The lowest BCUT2D eigenvalue weighted by atomic mass is 9.79. The lowest BCUT2D eigenvalue weighted by Gasteiger charge is -2.27. The number of fused-ring (bicyclic) bond motifs is 1. The van der Waals surface area contributed by atoms with Gasteiger partial charge in [0.2, 0.25) is 0 Å². The number of rotatable bonds is 6. The Morgan fingerprint density at radius 1 is 1.00 bits per heavy atom. The highest BCUT2D eigenvalue weighted by Gasteiger charge is 2.22. The fourth-order valence-electron chi connectivity index (χ4n) is 2.74. The Hall–Kier alpha value is -1.34. The highest BCUT2D eigenvalue weighted by molar-refractivity contribution is 5.86. The van der Waals surface area contributed by atoms with Crippen LogP contribution < -0.4 is 5.32 Å². The minimum absolute atomic E-state index is 0.199. The lowest BCUT2D eigenvalue weighted by Crippen LogP contribution is -2.27. The molecule has 1 N–H and O–H groups in total. The van der Waals surface area contributed by atoms with Crippen molar-refractivity contribution in [3.63, 3.8) is 0 Å². The van der Waals surface area contributed by atoms with E-state index in [1.54, 1.807) is 0 Å².